The van der Waals surface area contributed by atoms with Crippen molar-refractivity contribution in [2.75, 3.05) is 13.2 Å². The van der Waals surface area contributed by atoms with Crippen molar-refractivity contribution >= 4 is 11.6 Å². The molecule has 2 nitrogen and oxygen atoms in total. The summed E-state index contributed by atoms with van der Waals surface area (Å²) in [5.41, 5.74) is 2.86. The summed E-state index contributed by atoms with van der Waals surface area (Å²) >= 11 is 6.03. The highest BCUT2D eigenvalue weighted by Gasteiger charge is 2.26. The number of fused-ring (bicyclic) bond motifs is 1. The van der Waals surface area contributed by atoms with Gasteiger partial charge in [0.25, 0.3) is 0 Å². The smallest absolute Gasteiger partial charge is 0.0588 e. The van der Waals surface area contributed by atoms with E-state index in [1.807, 2.05) is 6.07 Å². The van der Waals surface area contributed by atoms with Crippen molar-refractivity contribution in [2.45, 2.75) is 38.3 Å². The molecule has 0 spiro atoms. The Morgan fingerprint density at radius 3 is 2.94 bits per heavy atom. The van der Waals surface area contributed by atoms with Crippen LogP contribution in [0.1, 0.15) is 24.5 Å². The van der Waals surface area contributed by atoms with Crippen LogP contribution in [0.5, 0.6) is 0 Å². The largest absolute Gasteiger partial charge is 0.378 e. The molecule has 0 saturated carbocycles. The number of nitrogens with one attached hydrogen (secondary N) is 1. The third kappa shape index (κ3) is 2.56. The van der Waals surface area contributed by atoms with E-state index in [1.165, 1.54) is 17.5 Å². The van der Waals surface area contributed by atoms with E-state index < -0.39 is 0 Å². The lowest BCUT2D eigenvalue weighted by atomic mass is 10.0. The molecule has 1 aromatic rings. The Labute approximate surface area is 114 Å². The van der Waals surface area contributed by atoms with Crippen LogP contribution in [0, 0.1) is 5.92 Å². The molecule has 0 bridgehead atoms. The predicted molar refractivity (Wildman–Crippen MR) is 74.2 cm³/mol. The molecule has 2 aliphatic rings. The van der Waals surface area contributed by atoms with E-state index in [9.17, 15) is 0 Å². The zero-order chi connectivity index (χ0) is 12.5. The van der Waals surface area contributed by atoms with Crippen molar-refractivity contribution in [3.63, 3.8) is 0 Å². The molecule has 3 atom stereocenters. The second kappa shape index (κ2) is 5.20. The molecule has 0 aromatic heterocycles. The van der Waals surface area contributed by atoms with Crippen LogP contribution in [-0.2, 0) is 17.6 Å². The molecule has 1 saturated heterocycles. The molecule has 3 heteroatoms. The van der Waals surface area contributed by atoms with Gasteiger partial charge in [-0.2, -0.15) is 0 Å². The van der Waals surface area contributed by atoms with E-state index in [2.05, 4.69) is 24.4 Å². The molecule has 18 heavy (non-hydrogen) atoms. The minimum Gasteiger partial charge on any atom is -0.378 e. The molecule has 3 unspecified atom stereocenters. The molecule has 1 N–H and O–H groups in total. The summed E-state index contributed by atoms with van der Waals surface area (Å²) in [4.78, 5) is 0. The average Bonchev–Trinajstić information content (AvgIpc) is 2.92. The fourth-order valence-corrected chi connectivity index (χ4v) is 3.29. The predicted octanol–water partition coefficient (Wildman–Crippen LogP) is 2.82. The standard InChI is InChI=1S/C15H20ClNO/c1-10-12(4-5-18-10)9-17-15-7-11-2-3-14(16)6-13(11)8-15/h2-3,6,10,12,15,17H,4-5,7-9H2,1H3. The van der Waals surface area contributed by atoms with Gasteiger partial charge in [0.15, 0.2) is 0 Å². The summed E-state index contributed by atoms with van der Waals surface area (Å²) in [6, 6.07) is 6.85. The molecule has 0 amide bonds. The Bertz CT molecular complexity index is 435. The fourth-order valence-electron chi connectivity index (χ4n) is 3.09. The number of hydrogen-bond donors (Lipinski definition) is 1. The van der Waals surface area contributed by atoms with Gasteiger partial charge in [0.2, 0.25) is 0 Å². The maximum absolute atomic E-state index is 6.03. The fraction of sp³-hybridized carbons (Fsp3) is 0.600. The van der Waals surface area contributed by atoms with Crippen LogP contribution < -0.4 is 5.32 Å². The summed E-state index contributed by atoms with van der Waals surface area (Å²) in [7, 11) is 0. The van der Waals surface area contributed by atoms with E-state index in [1.54, 1.807) is 0 Å². The van der Waals surface area contributed by atoms with Crippen LogP contribution in [0.4, 0.5) is 0 Å². The Hall–Kier alpha value is -0.570. The highest BCUT2D eigenvalue weighted by Crippen LogP contribution is 2.26. The normalized spacial score (nSPS) is 30.7. The molecule has 1 aliphatic heterocycles. The van der Waals surface area contributed by atoms with E-state index >= 15 is 0 Å². The number of hydrogen-bond acceptors (Lipinski definition) is 2. The summed E-state index contributed by atoms with van der Waals surface area (Å²) in [5.74, 6) is 0.678. The quantitative estimate of drug-likeness (QED) is 0.908. The second-order valence-electron chi connectivity index (χ2n) is 5.55. The minimum absolute atomic E-state index is 0.413. The molecule has 1 aromatic carbocycles. The number of benzene rings is 1. The average molecular weight is 266 g/mol. The lowest BCUT2D eigenvalue weighted by Crippen LogP contribution is -2.35. The summed E-state index contributed by atoms with van der Waals surface area (Å²) < 4.78 is 5.60. The third-order valence-corrected chi connectivity index (χ3v) is 4.54. The topological polar surface area (TPSA) is 21.3 Å². The van der Waals surface area contributed by atoms with Gasteiger partial charge in [-0.05, 0) is 55.4 Å². The van der Waals surface area contributed by atoms with Gasteiger partial charge in [0, 0.05) is 24.2 Å². The molecular formula is C15H20ClNO. The van der Waals surface area contributed by atoms with Crippen molar-refractivity contribution in [1.29, 1.82) is 0 Å². The number of halogens is 1. The van der Waals surface area contributed by atoms with E-state index in [-0.39, 0.29) is 0 Å². The molecular weight excluding hydrogens is 246 g/mol. The minimum atomic E-state index is 0.413. The van der Waals surface area contributed by atoms with Gasteiger partial charge in [-0.3, -0.25) is 0 Å². The van der Waals surface area contributed by atoms with Crippen molar-refractivity contribution in [3.05, 3.63) is 34.3 Å². The van der Waals surface area contributed by atoms with Crippen LogP contribution in [-0.4, -0.2) is 25.3 Å². The van der Waals surface area contributed by atoms with E-state index in [0.717, 1.165) is 31.0 Å². The Balaban J connectivity index is 1.54. The van der Waals surface area contributed by atoms with Gasteiger partial charge in [0.05, 0.1) is 6.10 Å². The molecule has 3 rings (SSSR count). The first-order valence-corrected chi connectivity index (χ1v) is 7.22. The second-order valence-corrected chi connectivity index (χ2v) is 5.99. The van der Waals surface area contributed by atoms with Crippen LogP contribution >= 0.6 is 11.6 Å². The molecule has 1 heterocycles. The zero-order valence-electron chi connectivity index (χ0n) is 10.8. The third-order valence-electron chi connectivity index (χ3n) is 4.30. The lowest BCUT2D eigenvalue weighted by Gasteiger charge is -2.18. The molecule has 1 fully saturated rings. The van der Waals surface area contributed by atoms with E-state index in [0.29, 0.717) is 18.1 Å². The number of rotatable bonds is 3. The highest BCUT2D eigenvalue weighted by molar-refractivity contribution is 6.30. The van der Waals surface area contributed by atoms with Gasteiger partial charge in [-0.1, -0.05) is 17.7 Å². The Kier molecular flexibility index (Phi) is 3.60. The van der Waals surface area contributed by atoms with Gasteiger partial charge < -0.3 is 10.1 Å². The van der Waals surface area contributed by atoms with Gasteiger partial charge >= 0.3 is 0 Å². The van der Waals surface area contributed by atoms with Crippen molar-refractivity contribution in [3.8, 4) is 0 Å². The van der Waals surface area contributed by atoms with Gasteiger partial charge in [-0.15, -0.1) is 0 Å². The van der Waals surface area contributed by atoms with Crippen molar-refractivity contribution in [1.82, 2.24) is 5.32 Å². The van der Waals surface area contributed by atoms with Crippen molar-refractivity contribution < 1.29 is 4.74 Å². The summed E-state index contributed by atoms with van der Waals surface area (Å²) in [6.07, 6.45) is 3.85. The van der Waals surface area contributed by atoms with E-state index in [4.69, 9.17) is 16.3 Å². The first-order chi connectivity index (χ1) is 8.72. The number of ether oxygens (including phenoxy) is 1. The Morgan fingerprint density at radius 2 is 2.17 bits per heavy atom. The summed E-state index contributed by atoms with van der Waals surface area (Å²) in [6.45, 7) is 4.18. The summed E-state index contributed by atoms with van der Waals surface area (Å²) in [5, 5.41) is 4.55. The molecule has 1 aliphatic carbocycles. The molecule has 98 valence electrons. The SMILES string of the molecule is CC1OCCC1CNC1Cc2ccc(Cl)cc2C1. The van der Waals surface area contributed by atoms with Crippen LogP contribution in [0.3, 0.4) is 0 Å². The van der Waals surface area contributed by atoms with Gasteiger partial charge in [0.1, 0.15) is 0 Å². The Morgan fingerprint density at radius 1 is 1.33 bits per heavy atom. The lowest BCUT2D eigenvalue weighted by molar-refractivity contribution is 0.105. The van der Waals surface area contributed by atoms with Crippen molar-refractivity contribution in [2.24, 2.45) is 5.92 Å². The van der Waals surface area contributed by atoms with Crippen LogP contribution in [0.15, 0.2) is 18.2 Å². The first kappa shape index (κ1) is 12.5. The highest BCUT2D eigenvalue weighted by atomic mass is 35.5. The van der Waals surface area contributed by atoms with Gasteiger partial charge in [-0.25, -0.2) is 0 Å². The maximum atomic E-state index is 6.03. The molecule has 0 radical (unpaired) electrons. The van der Waals surface area contributed by atoms with Crippen LogP contribution in [0.2, 0.25) is 5.02 Å². The zero-order valence-corrected chi connectivity index (χ0v) is 11.5. The maximum Gasteiger partial charge on any atom is 0.0588 e. The first-order valence-electron chi connectivity index (χ1n) is 6.84. The monoisotopic (exact) mass is 265 g/mol. The van der Waals surface area contributed by atoms with Crippen LogP contribution in [0.25, 0.3) is 0 Å².